The SMILES string of the molecule is CCn1c(C)cc(C(=O)Cn2c(C)cc(C)c(C#N)c2=O)c1C. The number of pyridine rings is 1. The maximum absolute atomic E-state index is 12.6. The molecule has 0 aliphatic carbocycles. The number of carbonyl (C=O) groups is 1. The van der Waals surface area contributed by atoms with Crippen molar-refractivity contribution < 1.29 is 4.79 Å². The molecule has 0 unspecified atom stereocenters. The number of hydrogen-bond acceptors (Lipinski definition) is 3. The minimum Gasteiger partial charge on any atom is -0.349 e. The van der Waals surface area contributed by atoms with Crippen LogP contribution in [0.2, 0.25) is 0 Å². The molecule has 0 aliphatic heterocycles. The summed E-state index contributed by atoms with van der Waals surface area (Å²) < 4.78 is 3.45. The van der Waals surface area contributed by atoms with E-state index in [0.29, 0.717) is 16.8 Å². The molecule has 0 bridgehead atoms. The first-order valence-corrected chi connectivity index (χ1v) is 7.62. The van der Waals surface area contributed by atoms with Crippen molar-refractivity contribution in [3.63, 3.8) is 0 Å². The molecular formula is C18H21N3O2. The number of Topliss-reactive ketones (excluding diaryl/α,β-unsaturated/α-hetero) is 1. The predicted molar refractivity (Wildman–Crippen MR) is 88.8 cm³/mol. The molecular weight excluding hydrogens is 290 g/mol. The molecule has 0 aliphatic rings. The summed E-state index contributed by atoms with van der Waals surface area (Å²) in [6.45, 7) is 10.2. The maximum atomic E-state index is 12.6. The number of hydrogen-bond donors (Lipinski definition) is 0. The van der Waals surface area contributed by atoms with Gasteiger partial charge in [0.1, 0.15) is 11.6 Å². The lowest BCUT2D eigenvalue weighted by atomic mass is 10.1. The molecule has 5 nitrogen and oxygen atoms in total. The monoisotopic (exact) mass is 311 g/mol. The van der Waals surface area contributed by atoms with Gasteiger partial charge in [0.15, 0.2) is 5.78 Å². The van der Waals surface area contributed by atoms with Crippen LogP contribution in [0.4, 0.5) is 0 Å². The van der Waals surface area contributed by atoms with E-state index in [9.17, 15) is 9.59 Å². The van der Waals surface area contributed by atoms with Crippen LogP contribution in [0.15, 0.2) is 16.9 Å². The lowest BCUT2D eigenvalue weighted by Crippen LogP contribution is -2.29. The van der Waals surface area contributed by atoms with Gasteiger partial charge in [0.25, 0.3) is 5.56 Å². The van der Waals surface area contributed by atoms with Gasteiger partial charge in [0.2, 0.25) is 0 Å². The Morgan fingerprint density at radius 2 is 1.74 bits per heavy atom. The molecule has 2 aromatic heterocycles. The largest absolute Gasteiger partial charge is 0.349 e. The molecule has 23 heavy (non-hydrogen) atoms. The molecule has 0 saturated heterocycles. The van der Waals surface area contributed by atoms with Gasteiger partial charge in [-0.15, -0.1) is 0 Å². The van der Waals surface area contributed by atoms with Crippen molar-refractivity contribution in [2.75, 3.05) is 0 Å². The fourth-order valence-corrected chi connectivity index (χ4v) is 3.06. The maximum Gasteiger partial charge on any atom is 0.269 e. The lowest BCUT2D eigenvalue weighted by Gasteiger charge is -2.11. The van der Waals surface area contributed by atoms with E-state index < -0.39 is 5.56 Å². The zero-order valence-corrected chi connectivity index (χ0v) is 14.2. The number of ketones is 1. The average molecular weight is 311 g/mol. The third-order valence-electron chi connectivity index (χ3n) is 4.31. The van der Waals surface area contributed by atoms with Crippen molar-refractivity contribution in [2.45, 2.75) is 47.7 Å². The Kier molecular flexibility index (Phi) is 4.55. The average Bonchev–Trinajstić information content (AvgIpc) is 2.78. The summed E-state index contributed by atoms with van der Waals surface area (Å²) in [5, 5.41) is 9.13. The van der Waals surface area contributed by atoms with Gasteiger partial charge in [0, 0.05) is 29.2 Å². The van der Waals surface area contributed by atoms with Crippen molar-refractivity contribution >= 4 is 5.78 Å². The molecule has 0 radical (unpaired) electrons. The van der Waals surface area contributed by atoms with Crippen molar-refractivity contribution in [3.05, 3.63) is 56.3 Å². The molecule has 0 aromatic carbocycles. The van der Waals surface area contributed by atoms with Crippen molar-refractivity contribution in [2.24, 2.45) is 0 Å². The highest BCUT2D eigenvalue weighted by molar-refractivity contribution is 5.97. The Morgan fingerprint density at radius 3 is 2.26 bits per heavy atom. The summed E-state index contributed by atoms with van der Waals surface area (Å²) in [7, 11) is 0. The smallest absolute Gasteiger partial charge is 0.269 e. The molecule has 0 amide bonds. The number of aryl methyl sites for hydroxylation is 3. The summed E-state index contributed by atoms with van der Waals surface area (Å²) in [6, 6.07) is 5.56. The highest BCUT2D eigenvalue weighted by atomic mass is 16.1. The highest BCUT2D eigenvalue weighted by Crippen LogP contribution is 2.16. The molecule has 5 heteroatoms. The number of nitriles is 1. The summed E-state index contributed by atoms with van der Waals surface area (Å²) in [5.41, 5.74) is 3.60. The Hall–Kier alpha value is -2.61. The second-order valence-electron chi connectivity index (χ2n) is 5.80. The molecule has 2 aromatic rings. The van der Waals surface area contributed by atoms with Crippen LogP contribution in [-0.4, -0.2) is 14.9 Å². The molecule has 2 rings (SSSR count). The Labute approximate surface area is 135 Å². The van der Waals surface area contributed by atoms with Gasteiger partial charge in [-0.05, 0) is 52.3 Å². The first-order chi connectivity index (χ1) is 10.8. The fraction of sp³-hybridized carbons (Fsp3) is 0.389. The van der Waals surface area contributed by atoms with Crippen LogP contribution in [0.5, 0.6) is 0 Å². The van der Waals surface area contributed by atoms with Crippen LogP contribution < -0.4 is 5.56 Å². The van der Waals surface area contributed by atoms with Gasteiger partial charge in [-0.1, -0.05) is 0 Å². The van der Waals surface area contributed by atoms with Crippen molar-refractivity contribution in [1.82, 2.24) is 9.13 Å². The first-order valence-electron chi connectivity index (χ1n) is 7.62. The van der Waals surface area contributed by atoms with E-state index in [1.54, 1.807) is 19.9 Å². The van der Waals surface area contributed by atoms with Crippen LogP contribution in [-0.2, 0) is 13.1 Å². The number of aromatic nitrogens is 2. The highest BCUT2D eigenvalue weighted by Gasteiger charge is 2.18. The standard InChI is InChI=1S/C18H21N3O2/c1-6-20-13(4)8-15(14(20)5)17(22)10-21-12(3)7-11(2)16(9-19)18(21)23/h7-8H,6,10H2,1-5H3. The second-order valence-corrected chi connectivity index (χ2v) is 5.80. The van der Waals surface area contributed by atoms with Gasteiger partial charge < -0.3 is 9.13 Å². The van der Waals surface area contributed by atoms with E-state index in [1.165, 1.54) is 4.57 Å². The Bertz CT molecular complexity index is 879. The zero-order valence-electron chi connectivity index (χ0n) is 14.2. The minimum atomic E-state index is -0.400. The van der Waals surface area contributed by atoms with Gasteiger partial charge in [-0.3, -0.25) is 9.59 Å². The molecule has 0 atom stereocenters. The summed E-state index contributed by atoms with van der Waals surface area (Å²) in [6.07, 6.45) is 0. The van der Waals surface area contributed by atoms with E-state index in [0.717, 1.165) is 17.9 Å². The quantitative estimate of drug-likeness (QED) is 0.815. The zero-order chi connectivity index (χ0) is 17.3. The molecule has 0 spiro atoms. The normalized spacial score (nSPS) is 10.6. The van der Waals surface area contributed by atoms with Crippen LogP contribution in [0, 0.1) is 39.0 Å². The van der Waals surface area contributed by atoms with Crippen LogP contribution in [0.1, 0.15) is 45.5 Å². The summed E-state index contributed by atoms with van der Waals surface area (Å²) >= 11 is 0. The van der Waals surface area contributed by atoms with Gasteiger partial charge in [-0.2, -0.15) is 5.26 Å². The van der Waals surface area contributed by atoms with Crippen molar-refractivity contribution in [3.8, 4) is 6.07 Å². The number of carbonyl (C=O) groups excluding carboxylic acids is 1. The lowest BCUT2D eigenvalue weighted by molar-refractivity contribution is 0.0969. The molecule has 0 N–H and O–H groups in total. The fourth-order valence-electron chi connectivity index (χ4n) is 3.06. The van der Waals surface area contributed by atoms with E-state index >= 15 is 0 Å². The topological polar surface area (TPSA) is 67.8 Å². The molecule has 0 saturated carbocycles. The minimum absolute atomic E-state index is 0.0480. The molecule has 2 heterocycles. The first kappa shape index (κ1) is 16.8. The molecule has 0 fully saturated rings. The Balaban J connectivity index is 2.47. The van der Waals surface area contributed by atoms with Gasteiger partial charge in [0.05, 0.1) is 6.54 Å². The Morgan fingerprint density at radius 1 is 1.13 bits per heavy atom. The molecule has 120 valence electrons. The van der Waals surface area contributed by atoms with Crippen molar-refractivity contribution in [1.29, 1.82) is 5.26 Å². The van der Waals surface area contributed by atoms with E-state index in [2.05, 4.69) is 4.57 Å². The van der Waals surface area contributed by atoms with Crippen LogP contribution in [0.25, 0.3) is 0 Å². The number of rotatable bonds is 4. The van der Waals surface area contributed by atoms with E-state index in [-0.39, 0.29) is 17.9 Å². The van der Waals surface area contributed by atoms with E-state index in [4.69, 9.17) is 5.26 Å². The number of nitrogens with zero attached hydrogens (tertiary/aromatic N) is 3. The van der Waals surface area contributed by atoms with Gasteiger partial charge in [-0.25, -0.2) is 0 Å². The predicted octanol–water partition coefficient (Wildman–Crippen LogP) is 2.66. The van der Waals surface area contributed by atoms with Crippen LogP contribution >= 0.6 is 0 Å². The summed E-state index contributed by atoms with van der Waals surface area (Å²) in [4.78, 5) is 25.1. The third kappa shape index (κ3) is 2.85. The van der Waals surface area contributed by atoms with Gasteiger partial charge >= 0.3 is 0 Å². The second kappa shape index (κ2) is 6.25. The van der Waals surface area contributed by atoms with Crippen LogP contribution in [0.3, 0.4) is 0 Å². The third-order valence-corrected chi connectivity index (χ3v) is 4.31. The van der Waals surface area contributed by atoms with E-state index in [1.807, 2.05) is 32.9 Å². The summed E-state index contributed by atoms with van der Waals surface area (Å²) in [5.74, 6) is -0.115.